The molecule has 0 bridgehead atoms. The Kier molecular flexibility index (Phi) is 4.96. The third-order valence-corrected chi connectivity index (χ3v) is 3.52. The zero-order valence-corrected chi connectivity index (χ0v) is 13.5. The van der Waals surface area contributed by atoms with Crippen LogP contribution in [0.25, 0.3) is 10.8 Å². The lowest BCUT2D eigenvalue weighted by Crippen LogP contribution is -2.20. The molecule has 4 nitrogen and oxygen atoms in total. The molecule has 3 aromatic carbocycles. The molecular formula is C20H19NO3. The van der Waals surface area contributed by atoms with Gasteiger partial charge in [-0.05, 0) is 42.0 Å². The SMILES string of the molecule is CCOc1cccc(NC(=O)COc2ccc3ccccc3c2)c1. The van der Waals surface area contributed by atoms with E-state index < -0.39 is 0 Å². The van der Waals surface area contributed by atoms with Crippen molar-refractivity contribution < 1.29 is 14.3 Å². The Balaban J connectivity index is 1.59. The van der Waals surface area contributed by atoms with Crippen molar-refractivity contribution in [1.82, 2.24) is 0 Å². The van der Waals surface area contributed by atoms with E-state index in [1.807, 2.05) is 67.6 Å². The molecule has 3 rings (SSSR count). The van der Waals surface area contributed by atoms with Crippen LogP contribution >= 0.6 is 0 Å². The van der Waals surface area contributed by atoms with Gasteiger partial charge in [0.25, 0.3) is 5.91 Å². The molecule has 0 aromatic heterocycles. The molecule has 1 N–H and O–H groups in total. The molecular weight excluding hydrogens is 302 g/mol. The van der Waals surface area contributed by atoms with E-state index in [1.54, 1.807) is 6.07 Å². The van der Waals surface area contributed by atoms with Gasteiger partial charge >= 0.3 is 0 Å². The molecule has 0 aliphatic carbocycles. The molecule has 1 amide bonds. The van der Waals surface area contributed by atoms with E-state index in [1.165, 1.54) is 0 Å². The Morgan fingerprint density at radius 3 is 2.50 bits per heavy atom. The molecule has 122 valence electrons. The lowest BCUT2D eigenvalue weighted by molar-refractivity contribution is -0.118. The van der Waals surface area contributed by atoms with Gasteiger partial charge in [-0.1, -0.05) is 36.4 Å². The lowest BCUT2D eigenvalue weighted by Gasteiger charge is -2.09. The Morgan fingerprint density at radius 2 is 1.67 bits per heavy atom. The minimum absolute atomic E-state index is 0.0444. The summed E-state index contributed by atoms with van der Waals surface area (Å²) >= 11 is 0. The topological polar surface area (TPSA) is 47.6 Å². The van der Waals surface area contributed by atoms with E-state index >= 15 is 0 Å². The molecule has 0 radical (unpaired) electrons. The van der Waals surface area contributed by atoms with Crippen molar-refractivity contribution in [1.29, 1.82) is 0 Å². The van der Waals surface area contributed by atoms with Crippen LogP contribution in [0.2, 0.25) is 0 Å². The maximum atomic E-state index is 12.0. The van der Waals surface area contributed by atoms with Gasteiger partial charge in [0, 0.05) is 11.8 Å². The van der Waals surface area contributed by atoms with Gasteiger partial charge in [0.15, 0.2) is 6.61 Å². The highest BCUT2D eigenvalue weighted by Gasteiger charge is 2.05. The second-order valence-electron chi connectivity index (χ2n) is 5.31. The molecule has 0 saturated heterocycles. The summed E-state index contributed by atoms with van der Waals surface area (Å²) in [5.41, 5.74) is 0.688. The summed E-state index contributed by atoms with van der Waals surface area (Å²) in [5, 5.41) is 5.03. The predicted octanol–water partition coefficient (Wildman–Crippen LogP) is 4.26. The van der Waals surface area contributed by atoms with Gasteiger partial charge < -0.3 is 14.8 Å². The lowest BCUT2D eigenvalue weighted by atomic mass is 10.1. The van der Waals surface area contributed by atoms with Gasteiger partial charge in [0.05, 0.1) is 6.61 Å². The summed E-state index contributed by atoms with van der Waals surface area (Å²) in [7, 11) is 0. The van der Waals surface area contributed by atoms with E-state index in [-0.39, 0.29) is 12.5 Å². The van der Waals surface area contributed by atoms with Gasteiger partial charge in [-0.2, -0.15) is 0 Å². The van der Waals surface area contributed by atoms with Crippen LogP contribution in [0.5, 0.6) is 11.5 Å². The minimum Gasteiger partial charge on any atom is -0.494 e. The van der Waals surface area contributed by atoms with Crippen molar-refractivity contribution >= 4 is 22.4 Å². The highest BCUT2D eigenvalue weighted by atomic mass is 16.5. The Labute approximate surface area is 141 Å². The van der Waals surface area contributed by atoms with Crippen molar-refractivity contribution in [2.75, 3.05) is 18.5 Å². The number of anilines is 1. The summed E-state index contributed by atoms with van der Waals surface area (Å²) in [6.07, 6.45) is 0. The average Bonchev–Trinajstić information content (AvgIpc) is 2.60. The van der Waals surface area contributed by atoms with Crippen molar-refractivity contribution in [3.05, 3.63) is 66.7 Å². The normalized spacial score (nSPS) is 10.4. The second-order valence-corrected chi connectivity index (χ2v) is 5.31. The molecule has 3 aromatic rings. The maximum Gasteiger partial charge on any atom is 0.262 e. The first-order valence-electron chi connectivity index (χ1n) is 7.89. The maximum absolute atomic E-state index is 12.0. The molecule has 0 heterocycles. The summed E-state index contributed by atoms with van der Waals surface area (Å²) in [6.45, 7) is 2.46. The van der Waals surface area contributed by atoms with Crippen molar-refractivity contribution in [2.45, 2.75) is 6.92 Å². The van der Waals surface area contributed by atoms with Crippen LogP contribution < -0.4 is 14.8 Å². The number of carbonyl (C=O) groups is 1. The fourth-order valence-corrected chi connectivity index (χ4v) is 2.43. The molecule has 0 saturated carbocycles. The van der Waals surface area contributed by atoms with Crippen LogP contribution in [0.4, 0.5) is 5.69 Å². The van der Waals surface area contributed by atoms with E-state index in [2.05, 4.69) is 5.32 Å². The fraction of sp³-hybridized carbons (Fsp3) is 0.150. The predicted molar refractivity (Wildman–Crippen MR) is 95.7 cm³/mol. The van der Waals surface area contributed by atoms with E-state index in [0.29, 0.717) is 18.0 Å². The molecule has 24 heavy (non-hydrogen) atoms. The number of nitrogens with one attached hydrogen (secondary N) is 1. The quantitative estimate of drug-likeness (QED) is 0.738. The fourth-order valence-electron chi connectivity index (χ4n) is 2.43. The number of hydrogen-bond donors (Lipinski definition) is 1. The number of hydrogen-bond acceptors (Lipinski definition) is 3. The number of carbonyl (C=O) groups excluding carboxylic acids is 1. The van der Waals surface area contributed by atoms with Crippen LogP contribution in [0.1, 0.15) is 6.92 Å². The zero-order valence-electron chi connectivity index (χ0n) is 13.5. The molecule has 0 aliphatic heterocycles. The Morgan fingerprint density at radius 1 is 0.875 bits per heavy atom. The largest absolute Gasteiger partial charge is 0.494 e. The third-order valence-electron chi connectivity index (χ3n) is 3.52. The molecule has 0 atom stereocenters. The standard InChI is InChI=1S/C20H19NO3/c1-2-23-18-9-5-8-17(13-18)21-20(22)14-24-19-11-10-15-6-3-4-7-16(15)12-19/h3-13H,2,14H2,1H3,(H,21,22). The van der Waals surface area contributed by atoms with Gasteiger partial charge in [0.2, 0.25) is 0 Å². The minimum atomic E-state index is -0.211. The third kappa shape index (κ3) is 4.04. The Hall–Kier alpha value is -3.01. The zero-order chi connectivity index (χ0) is 16.8. The van der Waals surface area contributed by atoms with Crippen molar-refractivity contribution in [3.8, 4) is 11.5 Å². The first-order chi connectivity index (χ1) is 11.7. The Bertz CT molecular complexity index is 845. The highest BCUT2D eigenvalue weighted by Crippen LogP contribution is 2.21. The number of rotatable bonds is 6. The van der Waals surface area contributed by atoms with Crippen molar-refractivity contribution in [3.63, 3.8) is 0 Å². The molecule has 0 fully saturated rings. The molecule has 0 spiro atoms. The number of benzene rings is 3. The summed E-state index contributed by atoms with van der Waals surface area (Å²) in [4.78, 5) is 12.0. The van der Waals surface area contributed by atoms with Crippen LogP contribution in [-0.2, 0) is 4.79 Å². The first kappa shape index (κ1) is 15.9. The smallest absolute Gasteiger partial charge is 0.262 e. The number of ether oxygens (including phenoxy) is 2. The van der Waals surface area contributed by atoms with E-state index in [4.69, 9.17) is 9.47 Å². The van der Waals surface area contributed by atoms with Gasteiger partial charge in [-0.25, -0.2) is 0 Å². The monoisotopic (exact) mass is 321 g/mol. The van der Waals surface area contributed by atoms with Gasteiger partial charge in [-0.15, -0.1) is 0 Å². The van der Waals surface area contributed by atoms with Crippen molar-refractivity contribution in [2.24, 2.45) is 0 Å². The molecule has 0 unspecified atom stereocenters. The number of fused-ring (bicyclic) bond motifs is 1. The van der Waals surface area contributed by atoms with Gasteiger partial charge in [-0.3, -0.25) is 4.79 Å². The van der Waals surface area contributed by atoms with Gasteiger partial charge in [0.1, 0.15) is 11.5 Å². The van der Waals surface area contributed by atoms with E-state index in [9.17, 15) is 4.79 Å². The highest BCUT2D eigenvalue weighted by molar-refractivity contribution is 5.92. The van der Waals surface area contributed by atoms with Crippen LogP contribution in [0.15, 0.2) is 66.7 Å². The molecule has 4 heteroatoms. The van der Waals surface area contributed by atoms with E-state index in [0.717, 1.165) is 16.5 Å². The summed E-state index contributed by atoms with van der Waals surface area (Å²) < 4.78 is 11.0. The second kappa shape index (κ2) is 7.51. The van der Waals surface area contributed by atoms with Crippen LogP contribution in [0.3, 0.4) is 0 Å². The first-order valence-corrected chi connectivity index (χ1v) is 7.89. The summed E-state index contributed by atoms with van der Waals surface area (Å²) in [5.74, 6) is 1.19. The number of amides is 1. The molecule has 0 aliphatic rings. The average molecular weight is 321 g/mol. The summed E-state index contributed by atoms with van der Waals surface area (Å²) in [6, 6.07) is 21.1. The van der Waals surface area contributed by atoms with Crippen LogP contribution in [0, 0.1) is 0 Å². The van der Waals surface area contributed by atoms with Crippen LogP contribution in [-0.4, -0.2) is 19.1 Å².